The number of nitrogens with one attached hydrogen (secondary N) is 1. The summed E-state index contributed by atoms with van der Waals surface area (Å²) in [6.45, 7) is 1.14. The summed E-state index contributed by atoms with van der Waals surface area (Å²) in [5.41, 5.74) is 6.09. The van der Waals surface area contributed by atoms with Gasteiger partial charge in [0.25, 0.3) is 0 Å². The molecule has 2 saturated carbocycles. The predicted molar refractivity (Wildman–Crippen MR) is 64.8 cm³/mol. The Kier molecular flexibility index (Phi) is 4.45. The maximum absolute atomic E-state index is 6.09. The molecule has 0 bridgehead atoms. The Hall–Kier alpha value is -0.0800. The third kappa shape index (κ3) is 4.12. The van der Waals surface area contributed by atoms with Gasteiger partial charge in [0.05, 0.1) is 0 Å². The molecule has 2 rings (SSSR count). The van der Waals surface area contributed by atoms with Gasteiger partial charge in [0.15, 0.2) is 0 Å². The summed E-state index contributed by atoms with van der Waals surface area (Å²) in [4.78, 5) is 0. The topological polar surface area (TPSA) is 38.0 Å². The zero-order valence-electron chi connectivity index (χ0n) is 9.88. The summed E-state index contributed by atoms with van der Waals surface area (Å²) >= 11 is 0. The molecule has 0 aromatic rings. The monoisotopic (exact) mass is 210 g/mol. The van der Waals surface area contributed by atoms with Gasteiger partial charge in [-0.25, -0.2) is 0 Å². The summed E-state index contributed by atoms with van der Waals surface area (Å²) in [5, 5.41) is 3.70. The molecule has 0 spiro atoms. The highest BCUT2D eigenvalue weighted by Crippen LogP contribution is 2.32. The molecule has 15 heavy (non-hydrogen) atoms. The van der Waals surface area contributed by atoms with Crippen molar-refractivity contribution in [3.8, 4) is 0 Å². The molecular formula is C13H26N2. The first-order valence-corrected chi connectivity index (χ1v) is 6.85. The standard InChI is InChI=1S/C13H26N2/c14-13(11-7-8-11)9-10-15-12-5-3-1-2-4-6-12/h11-13,15H,1-10,14H2. The average molecular weight is 210 g/mol. The number of nitrogens with two attached hydrogens (primary N) is 1. The van der Waals surface area contributed by atoms with Crippen LogP contribution >= 0.6 is 0 Å². The first-order valence-electron chi connectivity index (χ1n) is 6.85. The van der Waals surface area contributed by atoms with E-state index < -0.39 is 0 Å². The van der Waals surface area contributed by atoms with Crippen LogP contribution in [0.5, 0.6) is 0 Å². The van der Waals surface area contributed by atoms with Crippen LogP contribution in [0.1, 0.15) is 57.8 Å². The fraction of sp³-hybridized carbons (Fsp3) is 1.00. The van der Waals surface area contributed by atoms with E-state index in [1.54, 1.807) is 0 Å². The molecule has 0 radical (unpaired) electrons. The molecule has 0 aromatic carbocycles. The molecule has 0 aliphatic heterocycles. The smallest absolute Gasteiger partial charge is 0.00792 e. The maximum Gasteiger partial charge on any atom is 0.00792 e. The van der Waals surface area contributed by atoms with Crippen LogP contribution in [0.3, 0.4) is 0 Å². The quantitative estimate of drug-likeness (QED) is 0.684. The summed E-state index contributed by atoms with van der Waals surface area (Å²) in [6, 6.07) is 1.27. The van der Waals surface area contributed by atoms with E-state index in [0.29, 0.717) is 6.04 Å². The van der Waals surface area contributed by atoms with Crippen LogP contribution in [-0.2, 0) is 0 Å². The van der Waals surface area contributed by atoms with E-state index in [1.807, 2.05) is 0 Å². The van der Waals surface area contributed by atoms with Crippen LogP contribution in [0.15, 0.2) is 0 Å². The molecule has 2 aliphatic carbocycles. The van der Waals surface area contributed by atoms with Crippen molar-refractivity contribution in [1.29, 1.82) is 0 Å². The van der Waals surface area contributed by atoms with E-state index in [9.17, 15) is 0 Å². The minimum atomic E-state index is 0.475. The fourth-order valence-electron chi connectivity index (χ4n) is 2.70. The molecule has 2 heteroatoms. The summed E-state index contributed by atoms with van der Waals surface area (Å²) < 4.78 is 0. The molecule has 88 valence electrons. The Balaban J connectivity index is 1.55. The minimum absolute atomic E-state index is 0.475. The molecule has 0 amide bonds. The maximum atomic E-state index is 6.09. The fourth-order valence-corrected chi connectivity index (χ4v) is 2.70. The first-order chi connectivity index (χ1) is 7.36. The van der Waals surface area contributed by atoms with Gasteiger partial charge in [-0.3, -0.25) is 0 Å². The first kappa shape index (κ1) is 11.4. The lowest BCUT2D eigenvalue weighted by Crippen LogP contribution is -2.34. The van der Waals surface area contributed by atoms with Gasteiger partial charge in [-0.2, -0.15) is 0 Å². The van der Waals surface area contributed by atoms with Gasteiger partial charge in [-0.15, -0.1) is 0 Å². The van der Waals surface area contributed by atoms with Gasteiger partial charge in [0.2, 0.25) is 0 Å². The van der Waals surface area contributed by atoms with Crippen LogP contribution in [-0.4, -0.2) is 18.6 Å². The Labute approximate surface area is 94.0 Å². The zero-order valence-corrected chi connectivity index (χ0v) is 9.88. The summed E-state index contributed by atoms with van der Waals surface area (Å²) in [7, 11) is 0. The van der Waals surface area contributed by atoms with E-state index in [0.717, 1.165) is 18.5 Å². The van der Waals surface area contributed by atoms with E-state index in [2.05, 4.69) is 5.32 Å². The van der Waals surface area contributed by atoms with Crippen LogP contribution in [0.2, 0.25) is 0 Å². The van der Waals surface area contributed by atoms with Crippen molar-refractivity contribution in [2.45, 2.75) is 69.9 Å². The van der Waals surface area contributed by atoms with Crippen LogP contribution < -0.4 is 11.1 Å². The van der Waals surface area contributed by atoms with Crippen molar-refractivity contribution < 1.29 is 0 Å². The molecule has 0 aromatic heterocycles. The third-order valence-electron chi connectivity index (χ3n) is 3.99. The molecule has 2 aliphatic rings. The average Bonchev–Trinajstić information content (AvgIpc) is 3.06. The highest BCUT2D eigenvalue weighted by molar-refractivity contribution is 4.84. The molecule has 1 atom stereocenters. The van der Waals surface area contributed by atoms with E-state index in [-0.39, 0.29) is 0 Å². The molecule has 1 unspecified atom stereocenters. The SMILES string of the molecule is NC(CCNC1CCCCCC1)C1CC1. The molecule has 0 saturated heterocycles. The molecule has 3 N–H and O–H groups in total. The van der Waals surface area contributed by atoms with Gasteiger partial charge >= 0.3 is 0 Å². The summed E-state index contributed by atoms with van der Waals surface area (Å²) in [6.07, 6.45) is 12.5. The van der Waals surface area contributed by atoms with Gasteiger partial charge in [0, 0.05) is 12.1 Å². The van der Waals surface area contributed by atoms with E-state index >= 15 is 0 Å². The second-order valence-electron chi connectivity index (χ2n) is 5.43. The lowest BCUT2D eigenvalue weighted by atomic mass is 10.1. The van der Waals surface area contributed by atoms with Crippen molar-refractivity contribution in [1.82, 2.24) is 5.32 Å². The molecule has 0 heterocycles. The molecule has 2 fully saturated rings. The highest BCUT2D eigenvalue weighted by atomic mass is 14.9. The second kappa shape index (κ2) is 5.86. The number of rotatable bonds is 5. The Bertz CT molecular complexity index is 169. The van der Waals surface area contributed by atoms with Crippen LogP contribution in [0.4, 0.5) is 0 Å². The van der Waals surface area contributed by atoms with Crippen LogP contribution in [0.25, 0.3) is 0 Å². The van der Waals surface area contributed by atoms with Gasteiger partial charge in [0.1, 0.15) is 0 Å². The zero-order chi connectivity index (χ0) is 10.5. The lowest BCUT2D eigenvalue weighted by Gasteiger charge is -2.17. The molecule has 2 nitrogen and oxygen atoms in total. The third-order valence-corrected chi connectivity index (χ3v) is 3.99. The molecular weight excluding hydrogens is 184 g/mol. The summed E-state index contributed by atoms with van der Waals surface area (Å²) in [5.74, 6) is 0.862. The lowest BCUT2D eigenvalue weighted by molar-refractivity contribution is 0.431. The number of hydrogen-bond donors (Lipinski definition) is 2. The van der Waals surface area contributed by atoms with Gasteiger partial charge in [-0.1, -0.05) is 25.7 Å². The number of hydrogen-bond acceptors (Lipinski definition) is 2. The normalized spacial score (nSPS) is 26.2. The van der Waals surface area contributed by atoms with Crippen molar-refractivity contribution in [2.75, 3.05) is 6.54 Å². The van der Waals surface area contributed by atoms with Crippen molar-refractivity contribution in [3.63, 3.8) is 0 Å². The van der Waals surface area contributed by atoms with E-state index in [4.69, 9.17) is 5.73 Å². The Morgan fingerprint density at radius 1 is 1.00 bits per heavy atom. The minimum Gasteiger partial charge on any atom is -0.327 e. The van der Waals surface area contributed by atoms with Crippen molar-refractivity contribution in [3.05, 3.63) is 0 Å². The highest BCUT2D eigenvalue weighted by Gasteiger charge is 2.27. The Morgan fingerprint density at radius 2 is 1.67 bits per heavy atom. The van der Waals surface area contributed by atoms with Crippen molar-refractivity contribution in [2.24, 2.45) is 11.7 Å². The van der Waals surface area contributed by atoms with Crippen LogP contribution in [0, 0.1) is 5.92 Å². The Morgan fingerprint density at radius 3 is 2.27 bits per heavy atom. The largest absolute Gasteiger partial charge is 0.327 e. The second-order valence-corrected chi connectivity index (χ2v) is 5.43. The van der Waals surface area contributed by atoms with Crippen molar-refractivity contribution >= 4 is 0 Å². The van der Waals surface area contributed by atoms with Gasteiger partial charge in [-0.05, 0) is 44.6 Å². The predicted octanol–water partition coefficient (Wildman–Crippen LogP) is 2.43. The van der Waals surface area contributed by atoms with Gasteiger partial charge < -0.3 is 11.1 Å². The van der Waals surface area contributed by atoms with E-state index in [1.165, 1.54) is 57.8 Å².